The molecule has 1 N–H and O–H groups in total. The molecule has 1 unspecified atom stereocenters. The maximum atomic E-state index is 10.1. The molecule has 82 valence electrons. The fourth-order valence-electron chi connectivity index (χ4n) is 2.16. The zero-order chi connectivity index (χ0) is 10.8. The summed E-state index contributed by atoms with van der Waals surface area (Å²) in [6, 6.07) is 6.05. The second kappa shape index (κ2) is 4.67. The van der Waals surface area contributed by atoms with Crippen LogP contribution >= 0.6 is 15.9 Å². The molecule has 1 atom stereocenters. The van der Waals surface area contributed by atoms with Crippen molar-refractivity contribution in [2.45, 2.75) is 38.7 Å². The fraction of sp³-hybridized carbons (Fsp3) is 0.538. The van der Waals surface area contributed by atoms with Crippen LogP contribution in [-0.2, 0) is 0 Å². The number of halogens is 1. The van der Waals surface area contributed by atoms with E-state index in [0.717, 1.165) is 22.4 Å². The van der Waals surface area contributed by atoms with E-state index in [0.29, 0.717) is 0 Å². The molecule has 0 saturated heterocycles. The van der Waals surface area contributed by atoms with Crippen LogP contribution in [0.2, 0.25) is 0 Å². The van der Waals surface area contributed by atoms with Crippen LogP contribution in [0.1, 0.15) is 42.9 Å². The Morgan fingerprint density at radius 2 is 2.20 bits per heavy atom. The first-order valence-electron chi connectivity index (χ1n) is 5.61. The molecule has 2 rings (SSSR count). The van der Waals surface area contributed by atoms with Crippen molar-refractivity contribution >= 4 is 15.9 Å². The minimum Gasteiger partial charge on any atom is -0.388 e. The van der Waals surface area contributed by atoms with Crippen LogP contribution in [0, 0.1) is 12.8 Å². The fourth-order valence-corrected chi connectivity index (χ4v) is 2.54. The van der Waals surface area contributed by atoms with E-state index < -0.39 is 0 Å². The van der Waals surface area contributed by atoms with E-state index in [9.17, 15) is 5.11 Å². The first-order chi connectivity index (χ1) is 7.18. The standard InChI is InChI=1S/C13H17BrO/c1-9-11(6-3-7-12(9)14)13(15)8-10-4-2-5-10/h3,6-7,10,13,15H,2,4-5,8H2,1H3. The molecular formula is C13H17BrO. The number of rotatable bonds is 3. The Balaban J connectivity index is 2.09. The van der Waals surface area contributed by atoms with Gasteiger partial charge in [-0.2, -0.15) is 0 Å². The van der Waals surface area contributed by atoms with E-state index in [-0.39, 0.29) is 6.10 Å². The topological polar surface area (TPSA) is 20.2 Å². The summed E-state index contributed by atoms with van der Waals surface area (Å²) >= 11 is 3.50. The van der Waals surface area contributed by atoms with E-state index in [2.05, 4.69) is 22.9 Å². The summed E-state index contributed by atoms with van der Waals surface area (Å²) in [6.07, 6.45) is 4.58. The monoisotopic (exact) mass is 268 g/mol. The molecule has 15 heavy (non-hydrogen) atoms. The third kappa shape index (κ3) is 2.43. The van der Waals surface area contributed by atoms with Crippen molar-refractivity contribution in [3.63, 3.8) is 0 Å². The Kier molecular flexibility index (Phi) is 3.47. The first kappa shape index (κ1) is 11.2. The lowest BCUT2D eigenvalue weighted by molar-refractivity contribution is 0.118. The van der Waals surface area contributed by atoms with Crippen molar-refractivity contribution < 1.29 is 5.11 Å². The van der Waals surface area contributed by atoms with Crippen LogP contribution in [0.25, 0.3) is 0 Å². The first-order valence-corrected chi connectivity index (χ1v) is 6.41. The zero-order valence-electron chi connectivity index (χ0n) is 9.04. The number of hydrogen-bond donors (Lipinski definition) is 1. The number of aliphatic hydroxyl groups excluding tert-OH is 1. The van der Waals surface area contributed by atoms with Gasteiger partial charge in [0.2, 0.25) is 0 Å². The molecule has 1 aliphatic rings. The van der Waals surface area contributed by atoms with Gasteiger partial charge in [0.05, 0.1) is 6.10 Å². The Hall–Kier alpha value is -0.340. The summed E-state index contributed by atoms with van der Waals surface area (Å²) in [5.41, 5.74) is 2.25. The van der Waals surface area contributed by atoms with Crippen LogP contribution in [0.5, 0.6) is 0 Å². The highest BCUT2D eigenvalue weighted by atomic mass is 79.9. The molecule has 1 aliphatic carbocycles. The quantitative estimate of drug-likeness (QED) is 0.879. The highest BCUT2D eigenvalue weighted by molar-refractivity contribution is 9.10. The van der Waals surface area contributed by atoms with E-state index in [1.165, 1.54) is 24.8 Å². The van der Waals surface area contributed by atoms with Gasteiger partial charge in [-0.3, -0.25) is 0 Å². The van der Waals surface area contributed by atoms with Crippen molar-refractivity contribution in [1.29, 1.82) is 0 Å². The predicted octanol–water partition coefficient (Wildman–Crippen LogP) is 3.98. The summed E-state index contributed by atoms with van der Waals surface area (Å²) in [5, 5.41) is 10.1. The third-order valence-electron chi connectivity index (χ3n) is 3.45. The summed E-state index contributed by atoms with van der Waals surface area (Å²) < 4.78 is 1.09. The van der Waals surface area contributed by atoms with Crippen LogP contribution in [0.15, 0.2) is 22.7 Å². The minimum atomic E-state index is -0.284. The van der Waals surface area contributed by atoms with Gasteiger partial charge in [-0.15, -0.1) is 0 Å². The summed E-state index contributed by atoms with van der Waals surface area (Å²) in [7, 11) is 0. The van der Waals surface area contributed by atoms with Gasteiger partial charge in [0.25, 0.3) is 0 Å². The lowest BCUT2D eigenvalue weighted by Gasteiger charge is -2.28. The van der Waals surface area contributed by atoms with Gasteiger partial charge < -0.3 is 5.11 Å². The molecule has 1 saturated carbocycles. The molecule has 0 amide bonds. The molecule has 1 aromatic rings. The van der Waals surface area contributed by atoms with Crippen LogP contribution in [-0.4, -0.2) is 5.11 Å². The van der Waals surface area contributed by atoms with Gasteiger partial charge in [0.15, 0.2) is 0 Å². The second-order valence-corrected chi connectivity index (χ2v) is 5.36. The van der Waals surface area contributed by atoms with E-state index >= 15 is 0 Å². The van der Waals surface area contributed by atoms with Crippen LogP contribution in [0.4, 0.5) is 0 Å². The van der Waals surface area contributed by atoms with Gasteiger partial charge in [0.1, 0.15) is 0 Å². The molecular weight excluding hydrogens is 252 g/mol. The lowest BCUT2D eigenvalue weighted by atomic mass is 9.80. The predicted molar refractivity (Wildman–Crippen MR) is 65.8 cm³/mol. The third-order valence-corrected chi connectivity index (χ3v) is 4.31. The number of benzene rings is 1. The van der Waals surface area contributed by atoms with Crippen molar-refractivity contribution in [3.05, 3.63) is 33.8 Å². The maximum absolute atomic E-state index is 10.1. The van der Waals surface area contributed by atoms with E-state index in [4.69, 9.17) is 0 Å². The lowest BCUT2D eigenvalue weighted by Crippen LogP contribution is -2.15. The molecule has 1 aromatic carbocycles. The molecule has 1 fully saturated rings. The Morgan fingerprint density at radius 1 is 1.47 bits per heavy atom. The van der Waals surface area contributed by atoms with Crippen LogP contribution < -0.4 is 0 Å². The summed E-state index contributed by atoms with van der Waals surface area (Å²) in [6.45, 7) is 2.06. The summed E-state index contributed by atoms with van der Waals surface area (Å²) in [5.74, 6) is 0.749. The molecule has 2 heteroatoms. The van der Waals surface area contributed by atoms with Gasteiger partial charge in [-0.25, -0.2) is 0 Å². The van der Waals surface area contributed by atoms with Crippen molar-refractivity contribution in [3.8, 4) is 0 Å². The minimum absolute atomic E-state index is 0.284. The number of hydrogen-bond acceptors (Lipinski definition) is 1. The normalized spacial score (nSPS) is 18.6. The van der Waals surface area contributed by atoms with Gasteiger partial charge in [0, 0.05) is 4.47 Å². The van der Waals surface area contributed by atoms with E-state index in [1.54, 1.807) is 0 Å². The largest absolute Gasteiger partial charge is 0.388 e. The Bertz CT molecular complexity index is 344. The highest BCUT2D eigenvalue weighted by Crippen LogP contribution is 2.36. The van der Waals surface area contributed by atoms with Gasteiger partial charge in [-0.1, -0.05) is 47.3 Å². The molecule has 0 bridgehead atoms. The maximum Gasteiger partial charge on any atom is 0.0795 e. The molecule has 0 heterocycles. The van der Waals surface area contributed by atoms with Crippen molar-refractivity contribution in [1.82, 2.24) is 0 Å². The highest BCUT2D eigenvalue weighted by Gasteiger charge is 2.22. The van der Waals surface area contributed by atoms with E-state index in [1.807, 2.05) is 18.2 Å². The molecule has 0 aliphatic heterocycles. The summed E-state index contributed by atoms with van der Waals surface area (Å²) in [4.78, 5) is 0. The Labute approximate surface area is 99.6 Å². The molecule has 0 spiro atoms. The zero-order valence-corrected chi connectivity index (χ0v) is 10.6. The molecule has 0 radical (unpaired) electrons. The average Bonchev–Trinajstić information content (AvgIpc) is 2.15. The number of aliphatic hydroxyl groups is 1. The Morgan fingerprint density at radius 3 is 2.80 bits per heavy atom. The van der Waals surface area contributed by atoms with Gasteiger partial charge >= 0.3 is 0 Å². The SMILES string of the molecule is Cc1c(Br)cccc1C(O)CC1CCC1. The molecule has 0 aromatic heterocycles. The molecule has 1 nitrogen and oxygen atoms in total. The smallest absolute Gasteiger partial charge is 0.0795 e. The van der Waals surface area contributed by atoms with Crippen molar-refractivity contribution in [2.24, 2.45) is 5.92 Å². The van der Waals surface area contributed by atoms with Crippen molar-refractivity contribution in [2.75, 3.05) is 0 Å². The second-order valence-electron chi connectivity index (χ2n) is 4.50. The van der Waals surface area contributed by atoms with Crippen LogP contribution in [0.3, 0.4) is 0 Å². The average molecular weight is 269 g/mol. The van der Waals surface area contributed by atoms with Gasteiger partial charge in [-0.05, 0) is 36.5 Å².